The molecule has 4 rings (SSSR count). The molecule has 0 saturated heterocycles. The largest absolute Gasteiger partial charge is 0.491 e. The second-order valence-electron chi connectivity index (χ2n) is 8.75. The fourth-order valence-corrected chi connectivity index (χ4v) is 5.27. The third-order valence-electron chi connectivity index (χ3n) is 5.49. The van der Waals surface area contributed by atoms with E-state index < -0.39 is 33.9 Å². The fraction of sp³-hybridized carbons (Fsp3) is 0.179. The minimum absolute atomic E-state index is 0.182. The molecule has 1 amide bonds. The van der Waals surface area contributed by atoms with Crippen LogP contribution in [0.2, 0.25) is 0 Å². The van der Waals surface area contributed by atoms with Gasteiger partial charge in [0.25, 0.3) is 0 Å². The van der Waals surface area contributed by atoms with Crippen molar-refractivity contribution in [3.05, 3.63) is 108 Å². The summed E-state index contributed by atoms with van der Waals surface area (Å²) in [4.78, 5) is 15.9. The van der Waals surface area contributed by atoms with E-state index in [1.54, 1.807) is 36.4 Å². The van der Waals surface area contributed by atoms with Gasteiger partial charge in [0.2, 0.25) is 11.7 Å². The Morgan fingerprint density at radius 3 is 2.25 bits per heavy atom. The maximum Gasteiger partial charge on any atom is 0.471 e. The first kappa shape index (κ1) is 28.6. The molecule has 12 heteroatoms. The fourth-order valence-electron chi connectivity index (χ4n) is 3.66. The molecular formula is C28H24F3N3O5S. The third-order valence-corrected chi connectivity index (χ3v) is 7.17. The van der Waals surface area contributed by atoms with Crippen LogP contribution in [-0.4, -0.2) is 42.9 Å². The van der Waals surface area contributed by atoms with Crippen molar-refractivity contribution in [2.24, 2.45) is 0 Å². The van der Waals surface area contributed by atoms with Gasteiger partial charge in [-0.1, -0.05) is 65.8 Å². The normalized spacial score (nSPS) is 12.8. The van der Waals surface area contributed by atoms with Crippen molar-refractivity contribution in [2.75, 3.05) is 12.4 Å². The van der Waals surface area contributed by atoms with E-state index in [0.29, 0.717) is 11.3 Å². The van der Waals surface area contributed by atoms with Gasteiger partial charge < -0.3 is 14.6 Å². The van der Waals surface area contributed by atoms with Crippen molar-refractivity contribution in [1.82, 2.24) is 15.5 Å². The van der Waals surface area contributed by atoms with Crippen LogP contribution in [0.1, 0.15) is 17.0 Å². The van der Waals surface area contributed by atoms with E-state index >= 15 is 0 Å². The molecule has 1 N–H and O–H groups in total. The van der Waals surface area contributed by atoms with Crippen LogP contribution in [-0.2, 0) is 26.6 Å². The quantitative estimate of drug-likeness (QED) is 0.254. The molecule has 0 aliphatic rings. The second kappa shape index (κ2) is 12.6. The van der Waals surface area contributed by atoms with Gasteiger partial charge in [-0.05, 0) is 41.5 Å². The summed E-state index contributed by atoms with van der Waals surface area (Å²) in [5.41, 5.74) is 1.67. The van der Waals surface area contributed by atoms with Crippen molar-refractivity contribution < 1.29 is 35.6 Å². The van der Waals surface area contributed by atoms with Crippen molar-refractivity contribution in [2.45, 2.75) is 18.0 Å². The SMILES string of the molecule is O=C(C=Cc1ccccc1)N[C@H](COc1ccc(-c2noc(C(F)(F)F)n2)cc1)CS(=O)(=O)Cc1ccccc1. The number of ether oxygens (including phenoxy) is 1. The van der Waals surface area contributed by atoms with Gasteiger partial charge in [-0.25, -0.2) is 8.42 Å². The molecule has 40 heavy (non-hydrogen) atoms. The van der Waals surface area contributed by atoms with E-state index in [2.05, 4.69) is 20.0 Å². The van der Waals surface area contributed by atoms with Gasteiger partial charge in [-0.15, -0.1) is 0 Å². The summed E-state index contributed by atoms with van der Waals surface area (Å²) < 4.78 is 74.0. The maximum absolute atomic E-state index is 12.9. The zero-order valence-corrected chi connectivity index (χ0v) is 21.7. The number of halogens is 3. The van der Waals surface area contributed by atoms with E-state index in [1.165, 1.54) is 30.3 Å². The van der Waals surface area contributed by atoms with Crippen LogP contribution in [0.3, 0.4) is 0 Å². The highest BCUT2D eigenvalue weighted by Gasteiger charge is 2.38. The van der Waals surface area contributed by atoms with Gasteiger partial charge in [-0.3, -0.25) is 4.79 Å². The molecule has 1 heterocycles. The Bertz CT molecular complexity index is 1540. The first-order valence-electron chi connectivity index (χ1n) is 12.0. The molecule has 4 aromatic rings. The molecule has 0 saturated carbocycles. The van der Waals surface area contributed by atoms with Crippen LogP contribution in [0, 0.1) is 0 Å². The Morgan fingerprint density at radius 2 is 1.62 bits per heavy atom. The molecule has 0 unspecified atom stereocenters. The molecular weight excluding hydrogens is 547 g/mol. The topological polar surface area (TPSA) is 111 Å². The highest BCUT2D eigenvalue weighted by Crippen LogP contribution is 2.29. The van der Waals surface area contributed by atoms with Crippen LogP contribution >= 0.6 is 0 Å². The van der Waals surface area contributed by atoms with Crippen LogP contribution in [0.15, 0.2) is 95.5 Å². The van der Waals surface area contributed by atoms with E-state index in [4.69, 9.17) is 4.74 Å². The average molecular weight is 572 g/mol. The van der Waals surface area contributed by atoms with E-state index in [0.717, 1.165) is 5.56 Å². The van der Waals surface area contributed by atoms with Crippen LogP contribution < -0.4 is 10.1 Å². The minimum Gasteiger partial charge on any atom is -0.491 e. The highest BCUT2D eigenvalue weighted by atomic mass is 32.2. The van der Waals surface area contributed by atoms with Crippen LogP contribution in [0.5, 0.6) is 5.75 Å². The van der Waals surface area contributed by atoms with Crippen molar-refractivity contribution >= 4 is 21.8 Å². The highest BCUT2D eigenvalue weighted by molar-refractivity contribution is 7.90. The summed E-state index contributed by atoms with van der Waals surface area (Å²) in [7, 11) is -3.64. The number of alkyl halides is 3. The summed E-state index contributed by atoms with van der Waals surface area (Å²) in [5.74, 6) is -2.50. The Balaban J connectivity index is 1.44. The molecule has 0 fully saturated rings. The molecule has 1 atom stereocenters. The lowest BCUT2D eigenvalue weighted by atomic mass is 10.2. The van der Waals surface area contributed by atoms with E-state index in [9.17, 15) is 26.4 Å². The monoisotopic (exact) mass is 571 g/mol. The Labute approximate surface area is 228 Å². The molecule has 0 aliphatic carbocycles. The van der Waals surface area contributed by atoms with Crippen LogP contribution in [0.4, 0.5) is 13.2 Å². The lowest BCUT2D eigenvalue weighted by molar-refractivity contribution is -0.159. The lowest BCUT2D eigenvalue weighted by Gasteiger charge is -2.19. The summed E-state index contributed by atoms with van der Waals surface area (Å²) in [6, 6.07) is 22.7. The predicted octanol–water partition coefficient (Wildman–Crippen LogP) is 4.95. The standard InChI is InChI=1S/C28H24F3N3O5S/c29-28(30,31)27-33-26(34-39-27)22-12-14-24(15-13-22)38-17-23(19-40(36,37)18-21-9-5-2-6-10-21)32-25(35)16-11-20-7-3-1-4-8-20/h1-16,23H,17-19H2,(H,32,35)/t23-/m1/s1. The van der Waals surface area contributed by atoms with Crippen molar-refractivity contribution in [3.63, 3.8) is 0 Å². The molecule has 208 valence electrons. The first-order chi connectivity index (χ1) is 19.1. The van der Waals surface area contributed by atoms with Gasteiger partial charge in [0.15, 0.2) is 9.84 Å². The smallest absolute Gasteiger partial charge is 0.471 e. The van der Waals surface area contributed by atoms with Crippen molar-refractivity contribution in [1.29, 1.82) is 0 Å². The number of nitrogens with one attached hydrogen (secondary N) is 1. The maximum atomic E-state index is 12.9. The number of hydrogen-bond acceptors (Lipinski definition) is 7. The van der Waals surface area contributed by atoms with Gasteiger partial charge in [0, 0.05) is 11.6 Å². The molecule has 8 nitrogen and oxygen atoms in total. The summed E-state index contributed by atoms with van der Waals surface area (Å²) in [5, 5.41) is 6.02. The van der Waals surface area contributed by atoms with Crippen molar-refractivity contribution in [3.8, 4) is 17.1 Å². The summed E-state index contributed by atoms with van der Waals surface area (Å²) >= 11 is 0. The Morgan fingerprint density at radius 1 is 0.975 bits per heavy atom. The number of hydrogen-bond donors (Lipinski definition) is 1. The van der Waals surface area contributed by atoms with Gasteiger partial charge in [-0.2, -0.15) is 18.2 Å². The van der Waals surface area contributed by atoms with E-state index in [-0.39, 0.29) is 29.5 Å². The average Bonchev–Trinajstić information content (AvgIpc) is 3.43. The Kier molecular flexibility index (Phi) is 9.00. The number of carbonyl (C=O) groups is 1. The predicted molar refractivity (Wildman–Crippen MR) is 142 cm³/mol. The zero-order valence-electron chi connectivity index (χ0n) is 20.9. The summed E-state index contributed by atoms with van der Waals surface area (Å²) in [6.45, 7) is -0.182. The van der Waals surface area contributed by atoms with E-state index in [1.807, 2.05) is 30.3 Å². The Hall–Kier alpha value is -4.45. The minimum atomic E-state index is -4.76. The summed E-state index contributed by atoms with van der Waals surface area (Å²) in [6.07, 6.45) is -1.85. The molecule has 3 aromatic carbocycles. The molecule has 0 spiro atoms. The first-order valence-corrected chi connectivity index (χ1v) is 13.8. The molecule has 0 aliphatic heterocycles. The third kappa shape index (κ3) is 8.53. The molecule has 0 radical (unpaired) electrons. The number of amides is 1. The molecule has 1 aromatic heterocycles. The molecule has 0 bridgehead atoms. The van der Waals surface area contributed by atoms with Gasteiger partial charge in [0.1, 0.15) is 12.4 Å². The van der Waals surface area contributed by atoms with Gasteiger partial charge >= 0.3 is 12.1 Å². The number of carbonyl (C=O) groups excluding carboxylic acids is 1. The number of rotatable bonds is 11. The number of aromatic nitrogens is 2. The number of nitrogens with zero attached hydrogens (tertiary/aromatic N) is 2. The second-order valence-corrected chi connectivity index (χ2v) is 10.9. The number of benzene rings is 3. The number of sulfone groups is 1. The zero-order chi connectivity index (χ0) is 28.6. The lowest BCUT2D eigenvalue weighted by Crippen LogP contribution is -2.43. The van der Waals surface area contributed by atoms with Gasteiger partial charge in [0.05, 0.1) is 17.5 Å². The van der Waals surface area contributed by atoms with Crippen LogP contribution in [0.25, 0.3) is 17.5 Å².